The van der Waals surface area contributed by atoms with Crippen molar-refractivity contribution in [2.45, 2.75) is 27.5 Å². The molecular weight excluding hydrogens is 259 g/mol. The topological polar surface area (TPSA) is 35.2 Å². The smallest absolute Gasteiger partial charge is 0.119 e. The number of hydrogen-bond acceptors (Lipinski definition) is 2. The Labute approximate surface area is 144 Å². The molecule has 0 spiro atoms. The van der Waals surface area contributed by atoms with E-state index < -0.39 is 20.9 Å². The second-order valence-corrected chi connectivity index (χ2v) is 5.43. The quantitative estimate of drug-likeness (QED) is 0.605. The van der Waals surface area contributed by atoms with E-state index in [4.69, 9.17) is 81.1 Å². The van der Waals surface area contributed by atoms with Gasteiger partial charge in [-0.15, -0.1) is 0 Å². The van der Waals surface area contributed by atoms with Crippen LogP contribution in [-0.2, 0) is 6.54 Å². The second-order valence-electron chi connectivity index (χ2n) is 5.43. The number of benzene rings is 1. The summed E-state index contributed by atoms with van der Waals surface area (Å²) < 4.78 is 5.63. The summed E-state index contributed by atoms with van der Waals surface area (Å²) in [5.74, 6) is 0.194. The van der Waals surface area contributed by atoms with E-state index in [0.717, 1.165) is 5.56 Å². The fraction of sp³-hybridized carbons (Fsp3) is 0.455. The summed E-state index contributed by atoms with van der Waals surface area (Å²) >= 11 is 0. The fourth-order valence-corrected chi connectivity index (χ4v) is 2.26. The third-order valence-electron chi connectivity index (χ3n) is 3.26. The van der Waals surface area contributed by atoms with Gasteiger partial charge < -0.3 is 10.5 Å². The van der Waals surface area contributed by atoms with Crippen LogP contribution < -0.4 is 10.5 Å². The molecule has 0 saturated heterocycles. The van der Waals surface area contributed by atoms with E-state index in [-0.39, 0.29) is 5.75 Å². The molecule has 22 heavy (non-hydrogen) atoms. The summed E-state index contributed by atoms with van der Waals surface area (Å²) in [6.07, 6.45) is 0. The Morgan fingerprint density at radius 1 is 0.727 bits per heavy atom. The molecule has 0 atom stereocenters. The molecule has 0 aliphatic heterocycles. The molecule has 1 aromatic rings. The van der Waals surface area contributed by atoms with Gasteiger partial charge in [-0.05, 0) is 17.7 Å². The SMILES string of the molecule is [B]C([B])([B])C(Oc1ccc(CN)cc1)(C([B])([B])[B])C([B])([B])[B]. The summed E-state index contributed by atoms with van der Waals surface area (Å²) in [5.41, 5.74) is 4.04. The standard InChI is InChI=1S/C11H8B9NO/c12-9(13,14)8(10(15,16)17,11(18,19)20)22-7-3-1-6(5-21)2-4-7/h1-4H,5,21H2. The molecule has 0 amide bonds. The molecule has 0 saturated carbocycles. The van der Waals surface area contributed by atoms with E-state index in [9.17, 15) is 0 Å². The van der Waals surface area contributed by atoms with Crippen LogP contribution in [0.4, 0.5) is 0 Å². The predicted octanol–water partition coefficient (Wildman–Crippen LogP) is -2.00. The highest BCUT2D eigenvalue weighted by Gasteiger charge is 2.56. The summed E-state index contributed by atoms with van der Waals surface area (Å²) in [6.45, 7) is 0.337. The van der Waals surface area contributed by atoms with E-state index >= 15 is 0 Å². The van der Waals surface area contributed by atoms with Crippen molar-refractivity contribution in [2.24, 2.45) is 5.73 Å². The van der Waals surface area contributed by atoms with Crippen molar-refractivity contribution in [3.05, 3.63) is 29.8 Å². The van der Waals surface area contributed by atoms with Crippen LogP contribution in [0.2, 0.25) is 15.3 Å². The minimum atomic E-state index is -2.32. The van der Waals surface area contributed by atoms with Gasteiger partial charge in [0.2, 0.25) is 0 Å². The van der Waals surface area contributed by atoms with E-state index in [2.05, 4.69) is 0 Å². The highest BCUT2D eigenvalue weighted by Crippen LogP contribution is 2.55. The van der Waals surface area contributed by atoms with Crippen LogP contribution in [0.15, 0.2) is 24.3 Å². The minimum Gasteiger partial charge on any atom is -0.492 e. The van der Waals surface area contributed by atoms with Crippen LogP contribution in [0.1, 0.15) is 5.56 Å². The fourth-order valence-electron chi connectivity index (χ4n) is 2.26. The molecule has 0 aliphatic rings. The van der Waals surface area contributed by atoms with E-state index in [1.165, 1.54) is 0 Å². The first-order valence-corrected chi connectivity index (χ1v) is 6.34. The Bertz CT molecular complexity index is 464. The summed E-state index contributed by atoms with van der Waals surface area (Å²) in [5, 5.41) is -6.80. The molecule has 0 unspecified atom stereocenters. The second kappa shape index (κ2) is 6.22. The Hall–Kier alpha value is -0.436. The summed E-state index contributed by atoms with van der Waals surface area (Å²) in [4.78, 5) is 0. The normalized spacial score (nSPS) is 13.7. The molecule has 0 aromatic heterocycles. The van der Waals surface area contributed by atoms with Crippen molar-refractivity contribution in [1.29, 1.82) is 0 Å². The lowest BCUT2D eigenvalue weighted by Gasteiger charge is -2.64. The first-order valence-electron chi connectivity index (χ1n) is 6.34. The van der Waals surface area contributed by atoms with Gasteiger partial charge in [0.15, 0.2) is 0 Å². The summed E-state index contributed by atoms with van der Waals surface area (Å²) in [7, 11) is 51.5. The maximum Gasteiger partial charge on any atom is 0.119 e. The first kappa shape index (κ1) is 19.6. The lowest BCUT2D eigenvalue weighted by atomic mass is 9.13. The van der Waals surface area contributed by atoms with Crippen molar-refractivity contribution in [2.75, 3.05) is 0 Å². The molecule has 0 bridgehead atoms. The molecule has 11 heteroatoms. The van der Waals surface area contributed by atoms with Gasteiger partial charge in [-0.3, -0.25) is 0 Å². The molecule has 18 radical (unpaired) electrons. The van der Waals surface area contributed by atoms with Gasteiger partial charge >= 0.3 is 0 Å². The highest BCUT2D eigenvalue weighted by molar-refractivity contribution is 6.70. The minimum absolute atomic E-state index is 0.194. The zero-order valence-electron chi connectivity index (χ0n) is 12.2. The van der Waals surface area contributed by atoms with Gasteiger partial charge in [-0.25, -0.2) is 0 Å². The number of nitrogens with two attached hydrogens (primary N) is 1. The van der Waals surface area contributed by atoms with E-state index in [1.54, 1.807) is 24.3 Å². The van der Waals surface area contributed by atoms with Crippen molar-refractivity contribution in [3.8, 4) is 5.75 Å². The van der Waals surface area contributed by atoms with E-state index in [1.807, 2.05) is 0 Å². The van der Waals surface area contributed by atoms with Crippen LogP contribution in [0.5, 0.6) is 5.75 Å². The van der Waals surface area contributed by atoms with E-state index in [0.29, 0.717) is 6.54 Å². The lowest BCUT2D eigenvalue weighted by Crippen LogP contribution is -2.66. The average molecular weight is 267 g/mol. The van der Waals surface area contributed by atoms with Crippen LogP contribution in [0.3, 0.4) is 0 Å². The van der Waals surface area contributed by atoms with Crippen LogP contribution in [0.25, 0.3) is 0 Å². The Morgan fingerprint density at radius 3 is 1.36 bits per heavy atom. The molecule has 0 heterocycles. The Morgan fingerprint density at radius 2 is 1.09 bits per heavy atom. The molecule has 2 N–H and O–H groups in total. The molecule has 90 valence electrons. The molecule has 2 nitrogen and oxygen atoms in total. The van der Waals surface area contributed by atoms with Crippen LogP contribution in [0, 0.1) is 0 Å². The lowest BCUT2D eigenvalue weighted by molar-refractivity contribution is 0.0710. The summed E-state index contributed by atoms with van der Waals surface area (Å²) in [6, 6.07) is 6.45. The van der Waals surface area contributed by atoms with Gasteiger partial charge in [-0.2, -0.15) is 0 Å². The van der Waals surface area contributed by atoms with Gasteiger partial charge in [0, 0.05) is 6.54 Å². The highest BCUT2D eigenvalue weighted by atomic mass is 16.5. The van der Waals surface area contributed by atoms with Crippen molar-refractivity contribution < 1.29 is 4.74 Å². The van der Waals surface area contributed by atoms with Gasteiger partial charge in [0.1, 0.15) is 5.75 Å². The maximum atomic E-state index is 5.72. The zero-order valence-corrected chi connectivity index (χ0v) is 12.2. The molecule has 0 aliphatic carbocycles. The van der Waals surface area contributed by atoms with Crippen LogP contribution in [-0.4, -0.2) is 76.2 Å². The third-order valence-corrected chi connectivity index (χ3v) is 3.26. The molecular formula is C11H8B9NO. The van der Waals surface area contributed by atoms with Crippen molar-refractivity contribution in [3.63, 3.8) is 0 Å². The van der Waals surface area contributed by atoms with Gasteiger partial charge in [0.05, 0.1) is 76.2 Å². The zero-order chi connectivity index (χ0) is 17.4. The number of hydrogen-bond donors (Lipinski definition) is 1. The maximum absolute atomic E-state index is 5.72. The average Bonchev–Trinajstić information content (AvgIpc) is 2.32. The Kier molecular flexibility index (Phi) is 5.55. The predicted molar refractivity (Wildman–Crippen MR) is 97.6 cm³/mol. The van der Waals surface area contributed by atoms with Gasteiger partial charge in [-0.1, -0.05) is 27.5 Å². The van der Waals surface area contributed by atoms with Gasteiger partial charge in [0.25, 0.3) is 0 Å². The monoisotopic (exact) mass is 269 g/mol. The van der Waals surface area contributed by atoms with Crippen molar-refractivity contribution in [1.82, 2.24) is 0 Å². The number of rotatable bonds is 6. The van der Waals surface area contributed by atoms with Crippen molar-refractivity contribution >= 4 is 70.6 Å². The third kappa shape index (κ3) is 3.55. The molecule has 0 fully saturated rings. The molecule has 1 aromatic carbocycles. The largest absolute Gasteiger partial charge is 0.492 e. The molecule has 1 rings (SSSR count). The first-order chi connectivity index (χ1) is 9.76. The Balaban J connectivity index is 3.43. The van der Waals surface area contributed by atoms with Crippen LogP contribution >= 0.6 is 0 Å². The number of ether oxygens (including phenoxy) is 1.